The average molecular weight is 191 g/mol. The maximum atomic E-state index is 7.27. The summed E-state index contributed by atoms with van der Waals surface area (Å²) < 4.78 is 7.27. The van der Waals surface area contributed by atoms with E-state index >= 15 is 0 Å². The molecule has 0 aromatic carbocycles. The number of aryl methyl sites for hydroxylation is 1. The standard InChI is InChI=1S/C5H6BCl2N3/c6-2-1-3-9-4(7)11-5(8)10-3/h1-2,6H2/i2D. The third-order valence-electron chi connectivity index (χ3n) is 1.01. The van der Waals surface area contributed by atoms with E-state index in [1.807, 2.05) is 0 Å². The second-order valence-corrected chi connectivity index (χ2v) is 2.58. The van der Waals surface area contributed by atoms with Crippen LogP contribution in [0.2, 0.25) is 16.9 Å². The van der Waals surface area contributed by atoms with Crippen LogP contribution in [0.15, 0.2) is 0 Å². The van der Waals surface area contributed by atoms with Crippen molar-refractivity contribution in [1.82, 2.24) is 15.0 Å². The minimum absolute atomic E-state index is 0.0747. The van der Waals surface area contributed by atoms with Gasteiger partial charge in [0.1, 0.15) is 13.7 Å². The number of rotatable bonds is 2. The highest BCUT2D eigenvalue weighted by Gasteiger charge is 2.00. The van der Waals surface area contributed by atoms with Gasteiger partial charge in [-0.1, -0.05) is 6.30 Å². The molecule has 0 aliphatic heterocycles. The Bertz CT molecular complexity index is 263. The second-order valence-electron chi connectivity index (χ2n) is 1.90. The molecule has 1 rings (SSSR count). The predicted octanol–water partition coefficient (Wildman–Crippen LogP) is 0.772. The van der Waals surface area contributed by atoms with Crippen LogP contribution >= 0.6 is 23.2 Å². The summed E-state index contributed by atoms with van der Waals surface area (Å²) in [6.45, 7) is 0. The van der Waals surface area contributed by atoms with Crippen LogP contribution in [0.5, 0.6) is 0 Å². The summed E-state index contributed by atoms with van der Waals surface area (Å²) >= 11 is 11.1. The normalized spacial score (nSPS) is 14.2. The van der Waals surface area contributed by atoms with Crippen molar-refractivity contribution in [2.24, 2.45) is 0 Å². The van der Waals surface area contributed by atoms with Crippen LogP contribution in [0.3, 0.4) is 0 Å². The maximum Gasteiger partial charge on any atom is 0.226 e. The van der Waals surface area contributed by atoms with Crippen LogP contribution in [0.25, 0.3) is 0 Å². The zero-order chi connectivity index (χ0) is 9.14. The summed E-state index contributed by atoms with van der Waals surface area (Å²) in [5.74, 6) is 0.461. The predicted molar refractivity (Wildman–Crippen MR) is 46.9 cm³/mol. The van der Waals surface area contributed by atoms with Crippen molar-refractivity contribution in [3.63, 3.8) is 0 Å². The summed E-state index contributed by atoms with van der Waals surface area (Å²) in [4.78, 5) is 11.2. The van der Waals surface area contributed by atoms with E-state index in [0.29, 0.717) is 12.2 Å². The fourth-order valence-electron chi connectivity index (χ4n) is 0.638. The Balaban J connectivity index is 2.85. The molecule has 0 bridgehead atoms. The molecule has 0 amide bonds. The lowest BCUT2D eigenvalue weighted by molar-refractivity contribution is 0.897. The van der Waals surface area contributed by atoms with Crippen molar-refractivity contribution >= 4 is 31.0 Å². The summed E-state index contributed by atoms with van der Waals surface area (Å²) in [6.07, 6.45) is 0.168. The summed E-state index contributed by atoms with van der Waals surface area (Å²) in [7, 11) is 1.74. The van der Waals surface area contributed by atoms with Crippen LogP contribution in [0, 0.1) is 0 Å². The first-order chi connectivity index (χ1) is 5.58. The van der Waals surface area contributed by atoms with Crippen LogP contribution < -0.4 is 0 Å². The fourth-order valence-corrected chi connectivity index (χ4v) is 1.04. The molecule has 6 heteroatoms. The Hall–Kier alpha value is -0.345. The van der Waals surface area contributed by atoms with Crippen molar-refractivity contribution in [3.8, 4) is 0 Å². The van der Waals surface area contributed by atoms with E-state index in [-0.39, 0.29) is 16.9 Å². The lowest BCUT2D eigenvalue weighted by Gasteiger charge is -1.96. The van der Waals surface area contributed by atoms with E-state index in [9.17, 15) is 0 Å². The number of hydrogen-bond donors (Lipinski definition) is 0. The molecule has 0 radical (unpaired) electrons. The highest BCUT2D eigenvalue weighted by atomic mass is 35.5. The molecule has 0 fully saturated rings. The molecule has 1 aromatic heterocycles. The summed E-state index contributed by atoms with van der Waals surface area (Å²) in [5, 5.41) is 0.149. The van der Waals surface area contributed by atoms with Gasteiger partial charge in [0, 0.05) is 7.79 Å². The topological polar surface area (TPSA) is 38.7 Å². The first-order valence-corrected chi connectivity index (χ1v) is 3.81. The molecule has 1 heterocycles. The molecule has 0 spiro atoms. The average Bonchev–Trinajstić information content (AvgIpc) is 1.81. The first-order valence-electron chi connectivity index (χ1n) is 3.64. The van der Waals surface area contributed by atoms with Crippen LogP contribution in [-0.2, 0) is 6.42 Å². The second kappa shape index (κ2) is 3.88. The third-order valence-corrected chi connectivity index (χ3v) is 1.35. The highest BCUT2D eigenvalue weighted by Crippen LogP contribution is 2.06. The molecule has 0 aliphatic rings. The van der Waals surface area contributed by atoms with Crippen LogP contribution in [0.4, 0.5) is 0 Å². The van der Waals surface area contributed by atoms with Crippen LogP contribution in [0.1, 0.15) is 7.20 Å². The SMILES string of the molecule is [2H]C(B)Cc1nc(Cl)nc(Cl)n1. The Morgan fingerprint density at radius 2 is 1.82 bits per heavy atom. The van der Waals surface area contributed by atoms with Crippen molar-refractivity contribution < 1.29 is 1.37 Å². The fraction of sp³-hybridized carbons (Fsp3) is 0.400. The lowest BCUT2D eigenvalue weighted by atomic mass is 10.0. The zero-order valence-electron chi connectivity index (χ0n) is 6.88. The van der Waals surface area contributed by atoms with Gasteiger partial charge in [-0.05, 0) is 23.2 Å². The molecule has 0 aliphatic carbocycles. The Labute approximate surface area is 77.0 Å². The van der Waals surface area contributed by atoms with E-state index in [4.69, 9.17) is 24.6 Å². The lowest BCUT2D eigenvalue weighted by Crippen LogP contribution is -1.97. The first kappa shape index (κ1) is 7.31. The zero-order valence-corrected chi connectivity index (χ0v) is 7.39. The number of halogens is 2. The molecule has 1 aromatic rings. The maximum absolute atomic E-state index is 7.27. The van der Waals surface area contributed by atoms with Crippen molar-refractivity contribution in [1.29, 1.82) is 0 Å². The van der Waals surface area contributed by atoms with Crippen molar-refractivity contribution in [2.75, 3.05) is 0 Å². The van der Waals surface area contributed by atoms with Gasteiger partial charge in [0.15, 0.2) is 0 Å². The summed E-state index contributed by atoms with van der Waals surface area (Å²) in [5.41, 5.74) is 0. The number of hydrogen-bond acceptors (Lipinski definition) is 3. The number of nitrogens with zero attached hydrogens (tertiary/aromatic N) is 3. The van der Waals surface area contributed by atoms with E-state index < -0.39 is 0 Å². The quantitative estimate of drug-likeness (QED) is 0.647. The molecule has 0 saturated carbocycles. The molecule has 3 nitrogen and oxygen atoms in total. The minimum atomic E-state index is -0.264. The third kappa shape index (κ3) is 2.63. The van der Waals surface area contributed by atoms with Crippen molar-refractivity contribution in [2.45, 2.75) is 12.7 Å². The van der Waals surface area contributed by atoms with Gasteiger partial charge in [-0.15, -0.1) is 0 Å². The van der Waals surface area contributed by atoms with Gasteiger partial charge in [0.25, 0.3) is 0 Å². The van der Waals surface area contributed by atoms with Gasteiger partial charge < -0.3 is 0 Å². The van der Waals surface area contributed by atoms with E-state index in [1.54, 1.807) is 7.85 Å². The molecular weight excluding hydrogens is 184 g/mol. The van der Waals surface area contributed by atoms with Gasteiger partial charge >= 0.3 is 0 Å². The molecule has 58 valence electrons. The smallest absolute Gasteiger partial charge is 0.203 e. The van der Waals surface area contributed by atoms with Gasteiger partial charge in [-0.25, -0.2) is 9.97 Å². The molecule has 0 N–H and O–H groups in total. The Kier molecular flexibility index (Phi) is 2.58. The van der Waals surface area contributed by atoms with Gasteiger partial charge in [0.2, 0.25) is 10.6 Å². The number of aromatic nitrogens is 3. The van der Waals surface area contributed by atoms with E-state index in [0.717, 1.165) is 0 Å². The largest absolute Gasteiger partial charge is 0.226 e. The molecule has 1 unspecified atom stereocenters. The highest BCUT2D eigenvalue weighted by molar-refractivity contribution is 6.31. The molecule has 11 heavy (non-hydrogen) atoms. The molecular formula is C5H6BCl2N3. The molecule has 1 atom stereocenters. The monoisotopic (exact) mass is 190 g/mol. The molecule has 0 saturated heterocycles. The van der Waals surface area contributed by atoms with Crippen molar-refractivity contribution in [3.05, 3.63) is 16.4 Å². The van der Waals surface area contributed by atoms with E-state index in [1.165, 1.54) is 0 Å². The van der Waals surface area contributed by atoms with Gasteiger partial charge in [-0.2, -0.15) is 4.98 Å². The van der Waals surface area contributed by atoms with E-state index in [2.05, 4.69) is 15.0 Å². The van der Waals surface area contributed by atoms with Gasteiger partial charge in [-0.3, -0.25) is 0 Å². The minimum Gasteiger partial charge on any atom is -0.203 e. The summed E-state index contributed by atoms with van der Waals surface area (Å²) in [6, 6.07) is 0. The van der Waals surface area contributed by atoms with Gasteiger partial charge in [0.05, 0.1) is 0 Å². The Morgan fingerprint density at radius 3 is 2.27 bits per heavy atom. The Morgan fingerprint density at radius 1 is 1.27 bits per heavy atom. The van der Waals surface area contributed by atoms with Crippen LogP contribution in [-0.4, -0.2) is 22.8 Å².